The van der Waals surface area contributed by atoms with Crippen LogP contribution in [-0.2, 0) is 6.18 Å². The Balaban J connectivity index is 3.49. The number of anilines is 1. The minimum absolute atomic E-state index is 0.128. The molecule has 0 saturated heterocycles. The highest BCUT2D eigenvalue weighted by molar-refractivity contribution is 9.10. The van der Waals surface area contributed by atoms with Crippen molar-refractivity contribution in [3.8, 4) is 0 Å². The molecule has 0 aromatic heterocycles. The molecular weight excluding hydrogens is 275 g/mol. The van der Waals surface area contributed by atoms with Gasteiger partial charge in [-0.3, -0.25) is 4.79 Å². The van der Waals surface area contributed by atoms with Gasteiger partial charge >= 0.3 is 6.18 Å². The van der Waals surface area contributed by atoms with Crippen molar-refractivity contribution in [2.24, 2.45) is 0 Å². The minimum Gasteiger partial charge on any atom is -0.398 e. The Morgan fingerprint density at radius 3 is 2.33 bits per heavy atom. The molecule has 0 aliphatic carbocycles. The zero-order valence-corrected chi connectivity index (χ0v) is 9.24. The molecule has 2 N–H and O–H groups in total. The summed E-state index contributed by atoms with van der Waals surface area (Å²) in [5.41, 5.74) is 3.62. The summed E-state index contributed by atoms with van der Waals surface area (Å²) in [5, 5.41) is 0. The lowest BCUT2D eigenvalue weighted by Gasteiger charge is -2.12. The first-order valence-corrected chi connectivity index (χ1v) is 4.70. The van der Waals surface area contributed by atoms with Crippen molar-refractivity contribution in [2.45, 2.75) is 13.1 Å². The standard InChI is InChI=1S/C9H7BrF3NO/c1-4(15)6-2-5(10)3-7(8(6)14)9(11,12)13/h2-3H,14H2,1H3. The normalized spacial score (nSPS) is 11.5. The fourth-order valence-corrected chi connectivity index (χ4v) is 1.60. The largest absolute Gasteiger partial charge is 0.418 e. The maximum absolute atomic E-state index is 12.5. The number of hydrogen-bond acceptors (Lipinski definition) is 2. The number of nitrogen functional groups attached to an aromatic ring is 1. The lowest BCUT2D eigenvalue weighted by atomic mass is 10.0. The molecule has 15 heavy (non-hydrogen) atoms. The lowest BCUT2D eigenvalue weighted by Crippen LogP contribution is -2.12. The van der Waals surface area contributed by atoms with Crippen LogP contribution in [0.2, 0.25) is 0 Å². The third kappa shape index (κ3) is 2.50. The van der Waals surface area contributed by atoms with Gasteiger partial charge in [0.25, 0.3) is 0 Å². The first-order chi connectivity index (χ1) is 6.73. The van der Waals surface area contributed by atoms with Crippen molar-refractivity contribution in [1.82, 2.24) is 0 Å². The van der Waals surface area contributed by atoms with Gasteiger partial charge in [-0.05, 0) is 19.1 Å². The quantitative estimate of drug-likeness (QED) is 0.634. The molecule has 1 aromatic carbocycles. The van der Waals surface area contributed by atoms with Gasteiger partial charge in [0.2, 0.25) is 0 Å². The van der Waals surface area contributed by atoms with Crippen LogP contribution >= 0.6 is 15.9 Å². The number of Topliss-reactive ketones (excluding diaryl/α,β-unsaturated/α-hetero) is 1. The molecule has 0 heterocycles. The van der Waals surface area contributed by atoms with Gasteiger partial charge in [0.15, 0.2) is 5.78 Å². The van der Waals surface area contributed by atoms with E-state index in [2.05, 4.69) is 15.9 Å². The van der Waals surface area contributed by atoms with E-state index in [4.69, 9.17) is 5.73 Å². The highest BCUT2D eigenvalue weighted by Gasteiger charge is 2.34. The topological polar surface area (TPSA) is 43.1 Å². The van der Waals surface area contributed by atoms with Crippen molar-refractivity contribution in [1.29, 1.82) is 0 Å². The fourth-order valence-electron chi connectivity index (χ4n) is 1.14. The summed E-state index contributed by atoms with van der Waals surface area (Å²) in [4.78, 5) is 11.0. The third-order valence-electron chi connectivity index (χ3n) is 1.83. The van der Waals surface area contributed by atoms with Gasteiger partial charge in [0.05, 0.1) is 11.3 Å². The SMILES string of the molecule is CC(=O)c1cc(Br)cc(C(F)(F)F)c1N. The molecule has 1 aromatic rings. The Hall–Kier alpha value is -1.04. The minimum atomic E-state index is -4.56. The number of nitrogens with two attached hydrogens (primary N) is 1. The molecule has 0 radical (unpaired) electrons. The molecule has 2 nitrogen and oxygen atoms in total. The monoisotopic (exact) mass is 281 g/mol. The van der Waals surface area contributed by atoms with E-state index in [9.17, 15) is 18.0 Å². The van der Waals surface area contributed by atoms with E-state index in [1.807, 2.05) is 0 Å². The number of alkyl halides is 3. The Kier molecular flexibility index (Phi) is 3.08. The van der Waals surface area contributed by atoms with Crippen LogP contribution in [0.15, 0.2) is 16.6 Å². The number of benzene rings is 1. The second-order valence-corrected chi connectivity index (χ2v) is 3.88. The molecule has 0 bridgehead atoms. The van der Waals surface area contributed by atoms with Crippen LogP contribution in [-0.4, -0.2) is 5.78 Å². The van der Waals surface area contributed by atoms with Crippen LogP contribution in [0.5, 0.6) is 0 Å². The molecule has 6 heteroatoms. The molecular formula is C9H7BrF3NO. The van der Waals surface area contributed by atoms with Crippen LogP contribution in [0.25, 0.3) is 0 Å². The van der Waals surface area contributed by atoms with Crippen molar-refractivity contribution in [3.63, 3.8) is 0 Å². The molecule has 0 saturated carbocycles. The van der Waals surface area contributed by atoms with E-state index >= 15 is 0 Å². The summed E-state index contributed by atoms with van der Waals surface area (Å²) in [6.07, 6.45) is -4.56. The summed E-state index contributed by atoms with van der Waals surface area (Å²) in [7, 11) is 0. The van der Waals surface area contributed by atoms with Gasteiger partial charge in [-0.15, -0.1) is 0 Å². The zero-order valence-electron chi connectivity index (χ0n) is 7.65. The summed E-state index contributed by atoms with van der Waals surface area (Å²) in [6.45, 7) is 1.16. The second kappa shape index (κ2) is 3.84. The smallest absolute Gasteiger partial charge is 0.398 e. The van der Waals surface area contributed by atoms with Gasteiger partial charge in [0.1, 0.15) is 0 Å². The summed E-state index contributed by atoms with van der Waals surface area (Å²) in [5.74, 6) is -0.501. The molecule has 0 amide bonds. The maximum atomic E-state index is 12.5. The number of carbonyl (C=O) groups is 1. The zero-order chi connectivity index (χ0) is 11.8. The summed E-state index contributed by atoms with van der Waals surface area (Å²) < 4.78 is 37.6. The van der Waals surface area contributed by atoms with E-state index in [0.29, 0.717) is 0 Å². The number of carbonyl (C=O) groups excluding carboxylic acids is 1. The molecule has 82 valence electrons. The van der Waals surface area contributed by atoms with E-state index < -0.39 is 23.2 Å². The van der Waals surface area contributed by atoms with Crippen LogP contribution in [0.4, 0.5) is 18.9 Å². The maximum Gasteiger partial charge on any atom is 0.418 e. The number of halogens is 4. The number of ketones is 1. The van der Waals surface area contributed by atoms with Crippen LogP contribution in [0, 0.1) is 0 Å². The molecule has 0 spiro atoms. The average molecular weight is 282 g/mol. The predicted octanol–water partition coefficient (Wildman–Crippen LogP) is 3.25. The number of rotatable bonds is 1. The first-order valence-electron chi connectivity index (χ1n) is 3.90. The van der Waals surface area contributed by atoms with Gasteiger partial charge < -0.3 is 5.73 Å². The van der Waals surface area contributed by atoms with Crippen LogP contribution < -0.4 is 5.73 Å². The predicted molar refractivity (Wildman–Crippen MR) is 53.6 cm³/mol. The lowest BCUT2D eigenvalue weighted by molar-refractivity contribution is -0.136. The van der Waals surface area contributed by atoms with Crippen molar-refractivity contribution < 1.29 is 18.0 Å². The number of hydrogen-bond donors (Lipinski definition) is 1. The Morgan fingerprint density at radius 2 is 1.93 bits per heavy atom. The van der Waals surface area contributed by atoms with E-state index in [1.165, 1.54) is 6.07 Å². The molecule has 0 atom stereocenters. The first kappa shape index (κ1) is 12.0. The van der Waals surface area contributed by atoms with Gasteiger partial charge in [-0.2, -0.15) is 13.2 Å². The molecule has 0 unspecified atom stereocenters. The van der Waals surface area contributed by atoms with Gasteiger partial charge in [-0.1, -0.05) is 15.9 Å². The second-order valence-electron chi connectivity index (χ2n) is 2.97. The molecule has 0 aliphatic rings. The van der Waals surface area contributed by atoms with E-state index in [1.54, 1.807) is 0 Å². The summed E-state index contributed by atoms with van der Waals surface area (Å²) in [6, 6.07) is 2.12. The Morgan fingerprint density at radius 1 is 1.40 bits per heavy atom. The van der Waals surface area contributed by atoms with E-state index in [0.717, 1.165) is 13.0 Å². The van der Waals surface area contributed by atoms with E-state index in [-0.39, 0.29) is 10.0 Å². The molecule has 0 fully saturated rings. The molecule has 1 rings (SSSR count). The summed E-state index contributed by atoms with van der Waals surface area (Å²) >= 11 is 2.90. The van der Waals surface area contributed by atoms with Crippen molar-refractivity contribution in [2.75, 3.05) is 5.73 Å². The highest BCUT2D eigenvalue weighted by Crippen LogP contribution is 2.37. The fraction of sp³-hybridized carbons (Fsp3) is 0.222. The van der Waals surface area contributed by atoms with Crippen LogP contribution in [0.3, 0.4) is 0 Å². The molecule has 0 aliphatic heterocycles. The van der Waals surface area contributed by atoms with Crippen LogP contribution in [0.1, 0.15) is 22.8 Å². The van der Waals surface area contributed by atoms with Crippen molar-refractivity contribution in [3.05, 3.63) is 27.7 Å². The van der Waals surface area contributed by atoms with Crippen molar-refractivity contribution >= 4 is 27.4 Å². The van der Waals surface area contributed by atoms with Gasteiger partial charge in [-0.25, -0.2) is 0 Å². The Bertz CT molecular complexity index is 415. The average Bonchev–Trinajstić information content (AvgIpc) is 2.06. The van der Waals surface area contributed by atoms with Gasteiger partial charge in [0, 0.05) is 10.0 Å². The third-order valence-corrected chi connectivity index (χ3v) is 2.29. The Labute approximate surface area is 92.4 Å². The highest BCUT2D eigenvalue weighted by atomic mass is 79.9.